The average Bonchev–Trinajstić information content (AvgIpc) is 2.18. The molecule has 0 saturated carbocycles. The fourth-order valence-corrected chi connectivity index (χ4v) is 1.49. The molecule has 0 radical (unpaired) electrons. The van der Waals surface area contributed by atoms with Crippen LogP contribution in [0.5, 0.6) is 0 Å². The van der Waals surface area contributed by atoms with E-state index in [-0.39, 0.29) is 12.3 Å². The number of rotatable bonds is 1. The van der Waals surface area contributed by atoms with Crippen molar-refractivity contribution in [3.05, 3.63) is 24.0 Å². The van der Waals surface area contributed by atoms with E-state index >= 15 is 0 Å². The zero-order valence-electron chi connectivity index (χ0n) is 7.73. The molecular weight excluding hydrogens is 198 g/mol. The van der Waals surface area contributed by atoms with Crippen molar-refractivity contribution in [3.8, 4) is 0 Å². The number of anilines is 1. The molecule has 2 rings (SSSR count). The molecule has 15 heavy (non-hydrogen) atoms. The molecule has 0 aromatic carbocycles. The molecule has 1 atom stereocenters. The van der Waals surface area contributed by atoms with Crippen molar-refractivity contribution in [2.45, 2.75) is 12.5 Å². The smallest absolute Gasteiger partial charge is 0.405 e. The van der Waals surface area contributed by atoms with Crippen LogP contribution in [0.25, 0.3) is 0 Å². The minimum Gasteiger partial charge on any atom is -0.465 e. The molecule has 2 amide bonds. The molecule has 6 heteroatoms. The number of carboxylic acid groups (broad SMARTS) is 1. The van der Waals surface area contributed by atoms with Crippen molar-refractivity contribution in [2.75, 3.05) is 5.32 Å². The van der Waals surface area contributed by atoms with Crippen molar-refractivity contribution in [1.82, 2.24) is 10.3 Å². The molecular formula is C9H9N3O3. The summed E-state index contributed by atoms with van der Waals surface area (Å²) in [5, 5.41) is 13.2. The molecule has 3 N–H and O–H groups in total. The highest BCUT2D eigenvalue weighted by molar-refractivity contribution is 5.99. The normalized spacial score (nSPS) is 18.9. The predicted molar refractivity (Wildman–Crippen MR) is 51.5 cm³/mol. The summed E-state index contributed by atoms with van der Waals surface area (Å²) in [6.45, 7) is 0. The van der Waals surface area contributed by atoms with Crippen LogP contribution in [0, 0.1) is 0 Å². The van der Waals surface area contributed by atoms with Gasteiger partial charge in [-0.2, -0.15) is 0 Å². The van der Waals surface area contributed by atoms with Gasteiger partial charge in [0, 0.05) is 12.6 Å². The van der Waals surface area contributed by atoms with Gasteiger partial charge in [-0.3, -0.25) is 9.78 Å². The number of amides is 2. The first-order valence-electron chi connectivity index (χ1n) is 4.41. The van der Waals surface area contributed by atoms with Gasteiger partial charge in [0.15, 0.2) is 0 Å². The van der Waals surface area contributed by atoms with Crippen LogP contribution in [0.1, 0.15) is 5.69 Å². The van der Waals surface area contributed by atoms with Gasteiger partial charge in [0.05, 0.1) is 11.4 Å². The van der Waals surface area contributed by atoms with Crippen molar-refractivity contribution in [1.29, 1.82) is 0 Å². The van der Waals surface area contributed by atoms with Crippen molar-refractivity contribution >= 4 is 17.7 Å². The van der Waals surface area contributed by atoms with Gasteiger partial charge in [-0.1, -0.05) is 0 Å². The molecule has 0 spiro atoms. The first kappa shape index (κ1) is 9.45. The Kier molecular flexibility index (Phi) is 2.24. The van der Waals surface area contributed by atoms with Crippen LogP contribution in [-0.4, -0.2) is 28.1 Å². The Labute approximate surface area is 85.3 Å². The molecule has 2 heterocycles. The SMILES string of the molecule is O=C(O)NC1Cc2ncccc2NC1=O. The van der Waals surface area contributed by atoms with Crippen molar-refractivity contribution < 1.29 is 14.7 Å². The summed E-state index contributed by atoms with van der Waals surface area (Å²) in [6, 6.07) is 2.69. The van der Waals surface area contributed by atoms with E-state index < -0.39 is 12.1 Å². The van der Waals surface area contributed by atoms with Gasteiger partial charge in [-0.05, 0) is 12.1 Å². The monoisotopic (exact) mass is 207 g/mol. The molecule has 0 aliphatic carbocycles. The Hall–Kier alpha value is -2.11. The van der Waals surface area contributed by atoms with E-state index in [0.717, 1.165) is 0 Å². The third kappa shape index (κ3) is 1.88. The summed E-state index contributed by atoms with van der Waals surface area (Å²) in [4.78, 5) is 25.9. The maximum Gasteiger partial charge on any atom is 0.405 e. The lowest BCUT2D eigenvalue weighted by atomic mass is 10.0. The highest BCUT2D eigenvalue weighted by atomic mass is 16.4. The number of hydrogen-bond donors (Lipinski definition) is 3. The third-order valence-electron chi connectivity index (χ3n) is 2.16. The Morgan fingerprint density at radius 3 is 3.20 bits per heavy atom. The summed E-state index contributed by atoms with van der Waals surface area (Å²) >= 11 is 0. The minimum atomic E-state index is -1.21. The summed E-state index contributed by atoms with van der Waals surface area (Å²) in [5.41, 5.74) is 1.33. The highest BCUT2D eigenvalue weighted by Gasteiger charge is 2.27. The second-order valence-electron chi connectivity index (χ2n) is 3.19. The molecule has 1 aromatic rings. The fraction of sp³-hybridized carbons (Fsp3) is 0.222. The fourth-order valence-electron chi connectivity index (χ4n) is 1.49. The van der Waals surface area contributed by atoms with Crippen LogP contribution in [0.4, 0.5) is 10.5 Å². The molecule has 6 nitrogen and oxygen atoms in total. The van der Waals surface area contributed by atoms with Crippen LogP contribution in [0.3, 0.4) is 0 Å². The summed E-state index contributed by atoms with van der Waals surface area (Å²) in [5.74, 6) is -0.349. The largest absolute Gasteiger partial charge is 0.465 e. The van der Waals surface area contributed by atoms with Crippen LogP contribution < -0.4 is 10.6 Å². The molecule has 78 valence electrons. The number of aromatic nitrogens is 1. The number of hydrogen-bond acceptors (Lipinski definition) is 3. The zero-order chi connectivity index (χ0) is 10.8. The van der Waals surface area contributed by atoms with Crippen LogP contribution in [-0.2, 0) is 11.2 Å². The van der Waals surface area contributed by atoms with E-state index in [2.05, 4.69) is 15.6 Å². The average molecular weight is 207 g/mol. The van der Waals surface area contributed by atoms with E-state index in [4.69, 9.17) is 5.11 Å². The lowest BCUT2D eigenvalue weighted by Gasteiger charge is -2.23. The topological polar surface area (TPSA) is 91.3 Å². The van der Waals surface area contributed by atoms with Gasteiger partial charge in [0.1, 0.15) is 6.04 Å². The van der Waals surface area contributed by atoms with Gasteiger partial charge in [-0.15, -0.1) is 0 Å². The molecule has 0 saturated heterocycles. The molecule has 1 aliphatic rings. The Balaban J connectivity index is 2.22. The third-order valence-corrected chi connectivity index (χ3v) is 2.16. The number of fused-ring (bicyclic) bond motifs is 1. The number of carbonyl (C=O) groups is 2. The predicted octanol–water partition coefficient (Wildman–Crippen LogP) is 0.212. The molecule has 0 bridgehead atoms. The zero-order valence-corrected chi connectivity index (χ0v) is 7.73. The van der Waals surface area contributed by atoms with E-state index in [9.17, 15) is 9.59 Å². The summed E-state index contributed by atoms with van der Waals surface area (Å²) in [6.07, 6.45) is 0.678. The van der Waals surface area contributed by atoms with Gasteiger partial charge < -0.3 is 15.7 Å². The molecule has 1 unspecified atom stereocenters. The van der Waals surface area contributed by atoms with E-state index in [1.165, 1.54) is 0 Å². The Morgan fingerprint density at radius 2 is 2.47 bits per heavy atom. The number of nitrogens with zero attached hydrogens (tertiary/aromatic N) is 1. The maximum absolute atomic E-state index is 11.4. The quantitative estimate of drug-likeness (QED) is 0.614. The number of nitrogens with one attached hydrogen (secondary N) is 2. The Morgan fingerprint density at radius 1 is 1.67 bits per heavy atom. The second kappa shape index (κ2) is 3.56. The molecule has 1 aromatic heterocycles. The summed E-state index contributed by atoms with van der Waals surface area (Å²) < 4.78 is 0. The van der Waals surface area contributed by atoms with Crippen LogP contribution >= 0.6 is 0 Å². The standard InChI is InChI=1S/C9H9N3O3/c13-8-7(12-9(14)15)4-6-5(11-8)2-1-3-10-6/h1-3,7,12H,4H2,(H,11,13)(H,14,15). The van der Waals surface area contributed by atoms with E-state index in [1.54, 1.807) is 18.3 Å². The first-order valence-corrected chi connectivity index (χ1v) is 4.41. The Bertz CT molecular complexity index is 419. The maximum atomic E-state index is 11.4. The minimum absolute atomic E-state index is 0.286. The van der Waals surface area contributed by atoms with Gasteiger partial charge >= 0.3 is 6.09 Å². The molecule has 1 aliphatic heterocycles. The van der Waals surface area contributed by atoms with E-state index in [0.29, 0.717) is 11.4 Å². The molecule has 0 fully saturated rings. The number of pyridine rings is 1. The van der Waals surface area contributed by atoms with E-state index in [1.807, 2.05) is 0 Å². The first-order chi connectivity index (χ1) is 7.16. The van der Waals surface area contributed by atoms with Crippen molar-refractivity contribution in [2.24, 2.45) is 0 Å². The lowest BCUT2D eigenvalue weighted by molar-refractivity contribution is -0.118. The summed E-state index contributed by atoms with van der Waals surface area (Å²) in [7, 11) is 0. The highest BCUT2D eigenvalue weighted by Crippen LogP contribution is 2.19. The van der Waals surface area contributed by atoms with Crippen molar-refractivity contribution in [3.63, 3.8) is 0 Å². The van der Waals surface area contributed by atoms with Gasteiger partial charge in [-0.25, -0.2) is 4.79 Å². The van der Waals surface area contributed by atoms with Gasteiger partial charge in [0.25, 0.3) is 0 Å². The second-order valence-corrected chi connectivity index (χ2v) is 3.19. The lowest BCUT2D eigenvalue weighted by Crippen LogP contribution is -2.47. The van der Waals surface area contributed by atoms with Crippen LogP contribution in [0.15, 0.2) is 18.3 Å². The van der Waals surface area contributed by atoms with Crippen LogP contribution in [0.2, 0.25) is 0 Å². The number of carbonyl (C=O) groups excluding carboxylic acids is 1. The van der Waals surface area contributed by atoms with Gasteiger partial charge in [0.2, 0.25) is 5.91 Å².